The summed E-state index contributed by atoms with van der Waals surface area (Å²) in [5.74, 6) is -0.966. The number of nitrogens with zero attached hydrogens (tertiary/aromatic N) is 1. The summed E-state index contributed by atoms with van der Waals surface area (Å²) in [6.45, 7) is 1.78. The van der Waals surface area contributed by atoms with Gasteiger partial charge in [-0.15, -0.1) is 11.8 Å². The van der Waals surface area contributed by atoms with Crippen molar-refractivity contribution in [2.75, 3.05) is 19.3 Å². The lowest BCUT2D eigenvalue weighted by molar-refractivity contribution is -0.143. The summed E-state index contributed by atoms with van der Waals surface area (Å²) < 4.78 is 79.9. The van der Waals surface area contributed by atoms with Crippen LogP contribution in [0.1, 0.15) is 53.6 Å². The molecule has 29 heavy (non-hydrogen) atoms. The standard InChI is InChI=1S/C19H22F6N2OS/c1-29-15-10-11(18(20,21)22)9-12(19(23,24)25)16(15)17(28)26-13-5-4-6-14(13)27-7-2-3-8-27/h9-10,13-14H,2-8H2,1H3,(H,26,28). The Morgan fingerprint density at radius 1 is 1.03 bits per heavy atom. The van der Waals surface area contributed by atoms with Crippen molar-refractivity contribution in [1.82, 2.24) is 10.2 Å². The molecule has 1 saturated carbocycles. The summed E-state index contributed by atoms with van der Waals surface area (Å²) in [4.78, 5) is 14.8. The van der Waals surface area contributed by atoms with Gasteiger partial charge in [-0.25, -0.2) is 0 Å². The zero-order valence-electron chi connectivity index (χ0n) is 15.8. The summed E-state index contributed by atoms with van der Waals surface area (Å²) in [6.07, 6.45) is -4.23. The number of hydrogen-bond donors (Lipinski definition) is 1. The number of benzene rings is 1. The molecule has 2 fully saturated rings. The van der Waals surface area contributed by atoms with E-state index < -0.39 is 35.0 Å². The number of carbonyl (C=O) groups excluding carboxylic acids is 1. The average molecular weight is 440 g/mol. The molecule has 10 heteroatoms. The van der Waals surface area contributed by atoms with Crippen molar-refractivity contribution in [1.29, 1.82) is 0 Å². The third-order valence-corrected chi connectivity index (χ3v) is 6.35. The van der Waals surface area contributed by atoms with E-state index >= 15 is 0 Å². The number of hydrogen-bond acceptors (Lipinski definition) is 3. The molecule has 1 aliphatic heterocycles. The van der Waals surface area contributed by atoms with Crippen molar-refractivity contribution in [2.24, 2.45) is 0 Å². The Morgan fingerprint density at radius 2 is 1.69 bits per heavy atom. The SMILES string of the molecule is CSc1cc(C(F)(F)F)cc(C(F)(F)F)c1C(=O)NC1CCCC1N1CCCC1. The van der Waals surface area contributed by atoms with Crippen molar-refractivity contribution < 1.29 is 31.1 Å². The molecule has 0 aromatic heterocycles. The number of rotatable bonds is 4. The Hall–Kier alpha value is -1.42. The highest BCUT2D eigenvalue weighted by Gasteiger charge is 2.42. The van der Waals surface area contributed by atoms with Gasteiger partial charge in [0.2, 0.25) is 0 Å². The van der Waals surface area contributed by atoms with E-state index in [0.29, 0.717) is 24.2 Å². The van der Waals surface area contributed by atoms with E-state index in [2.05, 4.69) is 10.2 Å². The normalized spacial score (nSPS) is 23.6. The van der Waals surface area contributed by atoms with Crippen molar-refractivity contribution in [3.63, 3.8) is 0 Å². The zero-order chi connectivity index (χ0) is 21.4. The zero-order valence-corrected chi connectivity index (χ0v) is 16.6. The molecule has 1 aliphatic carbocycles. The van der Waals surface area contributed by atoms with E-state index in [1.54, 1.807) is 0 Å². The van der Waals surface area contributed by atoms with Gasteiger partial charge in [-0.1, -0.05) is 0 Å². The highest BCUT2D eigenvalue weighted by Crippen LogP contribution is 2.41. The first-order chi connectivity index (χ1) is 13.5. The number of halogens is 6. The molecule has 162 valence electrons. The van der Waals surface area contributed by atoms with Gasteiger partial charge in [0, 0.05) is 17.0 Å². The Morgan fingerprint density at radius 3 is 2.24 bits per heavy atom. The molecule has 0 radical (unpaired) electrons. The molecule has 3 nitrogen and oxygen atoms in total. The van der Waals surface area contributed by atoms with Crippen LogP contribution in [-0.2, 0) is 12.4 Å². The fourth-order valence-corrected chi connectivity index (χ4v) is 4.91. The summed E-state index contributed by atoms with van der Waals surface area (Å²) in [6, 6.07) is 0.393. The molecule has 3 rings (SSSR count). The maximum Gasteiger partial charge on any atom is 0.417 e. The van der Waals surface area contributed by atoms with Crippen LogP contribution in [0.2, 0.25) is 0 Å². The quantitative estimate of drug-likeness (QED) is 0.517. The fraction of sp³-hybridized carbons (Fsp3) is 0.632. The molecule has 1 saturated heterocycles. The van der Waals surface area contributed by atoms with Gasteiger partial charge in [0.1, 0.15) is 0 Å². The molecule has 1 N–H and O–H groups in total. The number of thioether (sulfide) groups is 1. The number of likely N-dealkylation sites (tertiary alicyclic amines) is 1. The molecule has 2 unspecified atom stereocenters. The average Bonchev–Trinajstić information content (AvgIpc) is 3.30. The van der Waals surface area contributed by atoms with Crippen molar-refractivity contribution >= 4 is 17.7 Å². The van der Waals surface area contributed by atoms with Crippen LogP contribution in [0.5, 0.6) is 0 Å². The first-order valence-corrected chi connectivity index (χ1v) is 10.7. The van der Waals surface area contributed by atoms with Crippen LogP contribution in [-0.4, -0.2) is 42.2 Å². The van der Waals surface area contributed by atoms with Crippen LogP contribution < -0.4 is 5.32 Å². The van der Waals surface area contributed by atoms with Gasteiger partial charge in [-0.2, -0.15) is 26.3 Å². The van der Waals surface area contributed by atoms with E-state index in [1.165, 1.54) is 6.26 Å². The van der Waals surface area contributed by atoms with E-state index in [4.69, 9.17) is 0 Å². The van der Waals surface area contributed by atoms with E-state index in [-0.39, 0.29) is 23.0 Å². The predicted molar refractivity (Wildman–Crippen MR) is 97.9 cm³/mol. The number of alkyl halides is 6. The molecule has 2 atom stereocenters. The highest BCUT2D eigenvalue weighted by molar-refractivity contribution is 7.98. The maximum absolute atomic E-state index is 13.6. The van der Waals surface area contributed by atoms with E-state index in [0.717, 1.165) is 38.8 Å². The Bertz CT molecular complexity index is 758. The molecular formula is C19H22F6N2OS. The fourth-order valence-electron chi connectivity index (χ4n) is 4.26. The molecule has 1 aromatic rings. The second kappa shape index (κ2) is 8.37. The molecule has 1 amide bonds. The van der Waals surface area contributed by atoms with Crippen molar-refractivity contribution in [3.8, 4) is 0 Å². The van der Waals surface area contributed by atoms with Gasteiger partial charge in [0.05, 0.1) is 16.7 Å². The van der Waals surface area contributed by atoms with Crippen LogP contribution >= 0.6 is 11.8 Å². The van der Waals surface area contributed by atoms with Gasteiger partial charge < -0.3 is 5.32 Å². The molecule has 1 aromatic carbocycles. The van der Waals surface area contributed by atoms with Crippen LogP contribution in [0, 0.1) is 0 Å². The summed E-state index contributed by atoms with van der Waals surface area (Å²) in [5.41, 5.74) is -3.70. The molecule has 0 bridgehead atoms. The topological polar surface area (TPSA) is 32.3 Å². The van der Waals surface area contributed by atoms with Gasteiger partial charge in [0.15, 0.2) is 0 Å². The molecule has 1 heterocycles. The molecule has 2 aliphatic rings. The van der Waals surface area contributed by atoms with Gasteiger partial charge in [-0.3, -0.25) is 9.69 Å². The number of amides is 1. The van der Waals surface area contributed by atoms with E-state index in [9.17, 15) is 31.1 Å². The highest BCUT2D eigenvalue weighted by atomic mass is 32.2. The first kappa shape index (κ1) is 22.3. The smallest absolute Gasteiger partial charge is 0.348 e. The molecule has 0 spiro atoms. The van der Waals surface area contributed by atoms with Crippen LogP contribution in [0.3, 0.4) is 0 Å². The lowest BCUT2D eigenvalue weighted by atomic mass is 10.0. The van der Waals surface area contributed by atoms with Crippen LogP contribution in [0.4, 0.5) is 26.3 Å². The largest absolute Gasteiger partial charge is 0.417 e. The Labute approximate surface area is 169 Å². The van der Waals surface area contributed by atoms with Gasteiger partial charge in [-0.05, 0) is 63.6 Å². The minimum Gasteiger partial charge on any atom is -0.348 e. The van der Waals surface area contributed by atoms with Gasteiger partial charge in [0.25, 0.3) is 5.91 Å². The monoisotopic (exact) mass is 440 g/mol. The Balaban J connectivity index is 1.94. The summed E-state index contributed by atoms with van der Waals surface area (Å²) >= 11 is 0.697. The number of carbonyl (C=O) groups is 1. The second-order valence-corrected chi connectivity index (χ2v) is 8.27. The first-order valence-electron chi connectivity index (χ1n) is 9.43. The Kier molecular flexibility index (Phi) is 6.43. The van der Waals surface area contributed by atoms with Crippen molar-refractivity contribution in [3.05, 3.63) is 28.8 Å². The summed E-state index contributed by atoms with van der Waals surface area (Å²) in [5, 5.41) is 2.69. The predicted octanol–water partition coefficient (Wildman–Crippen LogP) is 5.19. The lowest BCUT2D eigenvalue weighted by Crippen LogP contribution is -2.48. The minimum absolute atomic E-state index is 0.0290. The van der Waals surface area contributed by atoms with Crippen LogP contribution in [0.25, 0.3) is 0 Å². The second-order valence-electron chi connectivity index (χ2n) is 7.42. The summed E-state index contributed by atoms with van der Waals surface area (Å²) in [7, 11) is 0. The maximum atomic E-state index is 13.6. The molecular weight excluding hydrogens is 418 g/mol. The van der Waals surface area contributed by atoms with E-state index in [1.807, 2.05) is 0 Å². The third-order valence-electron chi connectivity index (χ3n) is 5.59. The van der Waals surface area contributed by atoms with Crippen LogP contribution in [0.15, 0.2) is 17.0 Å². The minimum atomic E-state index is -5.08. The third kappa shape index (κ3) is 4.84. The lowest BCUT2D eigenvalue weighted by Gasteiger charge is -2.30. The van der Waals surface area contributed by atoms with Crippen molar-refractivity contribution in [2.45, 2.75) is 61.4 Å². The number of nitrogens with one attached hydrogen (secondary N) is 1. The van der Waals surface area contributed by atoms with Gasteiger partial charge >= 0.3 is 12.4 Å².